The van der Waals surface area contributed by atoms with Crippen molar-refractivity contribution < 1.29 is 33.1 Å². The lowest BCUT2D eigenvalue weighted by Gasteiger charge is -2.26. The number of carbonyl (C=O) groups is 4. The number of ether oxygens (including phenoxy) is 2. The van der Waals surface area contributed by atoms with Crippen molar-refractivity contribution in [2.45, 2.75) is 19.9 Å². The predicted octanol–water partition coefficient (Wildman–Crippen LogP) is 2.21. The van der Waals surface area contributed by atoms with Gasteiger partial charge in [-0.15, -0.1) is 0 Å². The molecule has 0 radical (unpaired) electrons. The number of benzene rings is 1. The Morgan fingerprint density at radius 3 is 2.58 bits per heavy atom. The third-order valence-corrected chi connectivity index (χ3v) is 4.35. The molecule has 1 aromatic carbocycles. The molecule has 3 N–H and O–H groups in total. The number of urea groups is 1. The fraction of sp³-hybridized carbons (Fsp3) is 0.238. The lowest BCUT2D eigenvalue weighted by molar-refractivity contribution is -0.139. The first kappa shape index (κ1) is 21.6. The first-order valence-electron chi connectivity index (χ1n) is 9.49. The Kier molecular flexibility index (Phi) is 6.71. The Hall–Kier alpha value is -4.08. The number of anilines is 1. The van der Waals surface area contributed by atoms with Crippen LogP contribution in [-0.2, 0) is 14.3 Å². The third kappa shape index (κ3) is 5.10. The fourth-order valence-electron chi connectivity index (χ4n) is 2.97. The second kappa shape index (κ2) is 9.61. The van der Waals surface area contributed by atoms with E-state index >= 15 is 0 Å². The quantitative estimate of drug-likeness (QED) is 0.576. The van der Waals surface area contributed by atoms with Crippen molar-refractivity contribution in [1.29, 1.82) is 0 Å². The van der Waals surface area contributed by atoms with Crippen LogP contribution in [0.3, 0.4) is 0 Å². The van der Waals surface area contributed by atoms with Crippen LogP contribution in [0.2, 0.25) is 0 Å². The van der Waals surface area contributed by atoms with Gasteiger partial charge in [0.2, 0.25) is 0 Å². The van der Waals surface area contributed by atoms with E-state index < -0.39 is 29.9 Å². The summed E-state index contributed by atoms with van der Waals surface area (Å²) in [5.41, 5.74) is 0.596. The van der Waals surface area contributed by atoms with Crippen LogP contribution in [0.4, 0.5) is 10.5 Å². The van der Waals surface area contributed by atoms with Crippen LogP contribution in [0.15, 0.2) is 58.3 Å². The molecule has 0 saturated carbocycles. The van der Waals surface area contributed by atoms with Gasteiger partial charge in [0.1, 0.15) is 6.61 Å². The topological polar surface area (TPSA) is 136 Å². The van der Waals surface area contributed by atoms with E-state index in [0.717, 1.165) is 0 Å². The van der Waals surface area contributed by atoms with E-state index in [1.165, 1.54) is 24.5 Å². The molecule has 10 nitrogen and oxygen atoms in total. The average molecular weight is 427 g/mol. The smallest absolute Gasteiger partial charge is 0.340 e. The van der Waals surface area contributed by atoms with Crippen molar-refractivity contribution in [3.05, 3.63) is 65.3 Å². The monoisotopic (exact) mass is 427 g/mol. The largest absolute Gasteiger partial charge is 0.463 e. The van der Waals surface area contributed by atoms with Gasteiger partial charge in [-0.05, 0) is 38.1 Å². The van der Waals surface area contributed by atoms with E-state index in [4.69, 9.17) is 13.9 Å². The normalized spacial score (nSPS) is 15.5. The molecular formula is C21H21N3O7. The first-order chi connectivity index (χ1) is 14.9. The van der Waals surface area contributed by atoms with Gasteiger partial charge in [-0.1, -0.05) is 12.1 Å². The van der Waals surface area contributed by atoms with Crippen molar-refractivity contribution in [2.24, 2.45) is 0 Å². The minimum atomic E-state index is -0.758. The summed E-state index contributed by atoms with van der Waals surface area (Å²) in [6, 6.07) is 8.17. The number of hydrogen-bond donors (Lipinski definition) is 3. The molecule has 1 aliphatic rings. The molecule has 10 heteroatoms. The van der Waals surface area contributed by atoms with Crippen LogP contribution >= 0.6 is 0 Å². The highest BCUT2D eigenvalue weighted by molar-refractivity contribution is 6.06. The van der Waals surface area contributed by atoms with Gasteiger partial charge in [0.25, 0.3) is 5.91 Å². The summed E-state index contributed by atoms with van der Waals surface area (Å²) in [5.74, 6) is -1.83. The Bertz CT molecular complexity index is 1030. The number of amides is 3. The lowest BCUT2D eigenvalue weighted by Crippen LogP contribution is -2.50. The van der Waals surface area contributed by atoms with Gasteiger partial charge < -0.3 is 29.8 Å². The molecule has 1 aliphatic heterocycles. The van der Waals surface area contributed by atoms with E-state index in [2.05, 4.69) is 16.0 Å². The SMILES string of the molecule is CCOC(=O)C1=C(COC(=O)c2ccccc2NC(=O)c2ccco2)NC(=O)N[C@@H]1C. The zero-order valence-electron chi connectivity index (χ0n) is 16.9. The van der Waals surface area contributed by atoms with E-state index in [1.54, 1.807) is 32.0 Å². The third-order valence-electron chi connectivity index (χ3n) is 4.35. The summed E-state index contributed by atoms with van der Waals surface area (Å²) in [6.45, 7) is 3.06. The van der Waals surface area contributed by atoms with Gasteiger partial charge in [0.05, 0.1) is 41.4 Å². The van der Waals surface area contributed by atoms with Crippen LogP contribution in [0.25, 0.3) is 0 Å². The highest BCUT2D eigenvalue weighted by Crippen LogP contribution is 2.19. The molecule has 3 rings (SSSR count). The molecule has 0 saturated heterocycles. The highest BCUT2D eigenvalue weighted by atomic mass is 16.5. The molecule has 2 heterocycles. The van der Waals surface area contributed by atoms with Crippen LogP contribution in [-0.4, -0.2) is 43.1 Å². The standard InChI is InChI=1S/C21H21N3O7/c1-3-29-20(27)17-12(2)22-21(28)24-15(17)11-31-19(26)13-7-4-5-8-14(13)23-18(25)16-9-6-10-30-16/h4-10,12H,3,11H2,1-2H3,(H,23,25)(H2,22,24,28)/t12-/m1/s1. The van der Waals surface area contributed by atoms with Crippen LogP contribution in [0.1, 0.15) is 34.8 Å². The molecule has 0 unspecified atom stereocenters. The molecular weight excluding hydrogens is 406 g/mol. The van der Waals surface area contributed by atoms with Crippen LogP contribution in [0.5, 0.6) is 0 Å². The first-order valence-corrected chi connectivity index (χ1v) is 9.49. The summed E-state index contributed by atoms with van der Waals surface area (Å²) < 4.78 is 15.4. The van der Waals surface area contributed by atoms with E-state index in [0.29, 0.717) is 0 Å². The van der Waals surface area contributed by atoms with Crippen molar-refractivity contribution in [3.8, 4) is 0 Å². The van der Waals surface area contributed by atoms with Gasteiger partial charge >= 0.3 is 18.0 Å². The van der Waals surface area contributed by atoms with E-state index in [9.17, 15) is 19.2 Å². The number of esters is 2. The van der Waals surface area contributed by atoms with Gasteiger partial charge in [-0.3, -0.25) is 4.79 Å². The van der Waals surface area contributed by atoms with Crippen molar-refractivity contribution in [2.75, 3.05) is 18.5 Å². The molecule has 0 aliphatic carbocycles. The predicted molar refractivity (Wildman–Crippen MR) is 108 cm³/mol. The summed E-state index contributed by atoms with van der Waals surface area (Å²) in [6.07, 6.45) is 1.36. The summed E-state index contributed by atoms with van der Waals surface area (Å²) >= 11 is 0. The number of hydrogen-bond acceptors (Lipinski definition) is 7. The molecule has 0 bridgehead atoms. The van der Waals surface area contributed by atoms with E-state index in [-0.39, 0.29) is 41.5 Å². The molecule has 1 aromatic heterocycles. The lowest BCUT2D eigenvalue weighted by atomic mass is 10.0. The fourth-order valence-corrected chi connectivity index (χ4v) is 2.97. The summed E-state index contributed by atoms with van der Waals surface area (Å²) in [4.78, 5) is 49.0. The molecule has 31 heavy (non-hydrogen) atoms. The number of furan rings is 1. The number of nitrogens with one attached hydrogen (secondary N) is 3. The molecule has 0 spiro atoms. The molecule has 2 aromatic rings. The van der Waals surface area contributed by atoms with Crippen molar-refractivity contribution >= 4 is 29.6 Å². The van der Waals surface area contributed by atoms with E-state index in [1.807, 2.05) is 0 Å². The van der Waals surface area contributed by atoms with Gasteiger partial charge in [0.15, 0.2) is 5.76 Å². The Morgan fingerprint density at radius 2 is 1.87 bits per heavy atom. The average Bonchev–Trinajstić information content (AvgIpc) is 3.27. The number of rotatable bonds is 7. The van der Waals surface area contributed by atoms with Crippen LogP contribution < -0.4 is 16.0 Å². The molecule has 0 fully saturated rings. The summed E-state index contributed by atoms with van der Waals surface area (Å²) in [5, 5.41) is 7.62. The molecule has 3 amide bonds. The maximum absolute atomic E-state index is 12.7. The Morgan fingerprint density at radius 1 is 1.10 bits per heavy atom. The summed E-state index contributed by atoms with van der Waals surface area (Å²) in [7, 11) is 0. The van der Waals surface area contributed by atoms with Crippen molar-refractivity contribution in [3.63, 3.8) is 0 Å². The second-order valence-electron chi connectivity index (χ2n) is 6.49. The molecule has 162 valence electrons. The number of para-hydroxylation sites is 1. The van der Waals surface area contributed by atoms with Gasteiger partial charge in [0, 0.05) is 0 Å². The minimum Gasteiger partial charge on any atom is -0.463 e. The zero-order valence-corrected chi connectivity index (χ0v) is 16.9. The van der Waals surface area contributed by atoms with Crippen LogP contribution in [0, 0.1) is 0 Å². The zero-order chi connectivity index (χ0) is 22.4. The maximum atomic E-state index is 12.7. The van der Waals surface area contributed by atoms with Gasteiger partial charge in [-0.2, -0.15) is 0 Å². The minimum absolute atomic E-state index is 0.0822. The Labute approximate surface area is 177 Å². The maximum Gasteiger partial charge on any atom is 0.340 e. The Balaban J connectivity index is 1.77. The van der Waals surface area contributed by atoms with Crippen molar-refractivity contribution in [1.82, 2.24) is 10.6 Å². The number of carbonyl (C=O) groups excluding carboxylic acids is 4. The van der Waals surface area contributed by atoms with Gasteiger partial charge in [-0.25, -0.2) is 14.4 Å². The highest BCUT2D eigenvalue weighted by Gasteiger charge is 2.30. The molecule has 1 atom stereocenters. The second-order valence-corrected chi connectivity index (χ2v) is 6.49.